The van der Waals surface area contributed by atoms with Crippen molar-refractivity contribution in [2.75, 3.05) is 42.9 Å². The second-order valence-corrected chi connectivity index (χ2v) is 7.53. The number of rotatable bonds is 6. The summed E-state index contributed by atoms with van der Waals surface area (Å²) in [6.45, 7) is 11.8. The number of nitrogens with zero attached hydrogens (tertiary/aromatic N) is 2. The summed E-state index contributed by atoms with van der Waals surface area (Å²) in [5, 5.41) is 3.26. The van der Waals surface area contributed by atoms with Crippen LogP contribution in [0.25, 0.3) is 0 Å². The molecule has 0 amide bonds. The van der Waals surface area contributed by atoms with Crippen molar-refractivity contribution in [3.63, 3.8) is 0 Å². The molecule has 0 atom stereocenters. The summed E-state index contributed by atoms with van der Waals surface area (Å²) >= 11 is 0. The standard InChI is InChI=1S/C23H31N3O/c1-4-24-22-16-19(18(2)3)10-11-20(23(22)27)17-25-12-14-26(15-13-25)21-8-6-5-7-9-21/h5-11,16,18H,4,12-15,17H2,1-3H3,(H,24,27). The van der Waals surface area contributed by atoms with Crippen LogP contribution in [0, 0.1) is 0 Å². The molecule has 1 aliphatic rings. The molecular weight excluding hydrogens is 334 g/mol. The van der Waals surface area contributed by atoms with Crippen LogP contribution in [0.4, 0.5) is 11.4 Å². The molecule has 1 heterocycles. The molecule has 4 nitrogen and oxygen atoms in total. The molecule has 3 rings (SSSR count). The lowest BCUT2D eigenvalue weighted by Gasteiger charge is -2.36. The van der Waals surface area contributed by atoms with Crippen LogP contribution in [0.2, 0.25) is 0 Å². The van der Waals surface area contributed by atoms with Gasteiger partial charge in [-0.05, 0) is 36.6 Å². The fourth-order valence-corrected chi connectivity index (χ4v) is 3.58. The minimum absolute atomic E-state index is 0.134. The summed E-state index contributed by atoms with van der Waals surface area (Å²) in [7, 11) is 0. The van der Waals surface area contributed by atoms with Gasteiger partial charge in [0.25, 0.3) is 0 Å². The third-order valence-electron chi connectivity index (χ3n) is 5.25. The van der Waals surface area contributed by atoms with Crippen LogP contribution >= 0.6 is 0 Å². The topological polar surface area (TPSA) is 35.6 Å². The summed E-state index contributed by atoms with van der Waals surface area (Å²) < 4.78 is 0. The Kier molecular flexibility index (Phi) is 6.51. The molecule has 0 saturated carbocycles. The van der Waals surface area contributed by atoms with E-state index >= 15 is 0 Å². The largest absolute Gasteiger partial charge is 0.382 e. The zero-order valence-electron chi connectivity index (χ0n) is 16.7. The SMILES string of the molecule is CCNc1cc(C(C)C)ccc(CN2CCN(c3ccccc3)CC2)c1=O. The van der Waals surface area contributed by atoms with Gasteiger partial charge in [0, 0.05) is 50.5 Å². The minimum atomic E-state index is 0.134. The van der Waals surface area contributed by atoms with Gasteiger partial charge in [0.05, 0.1) is 5.69 Å². The summed E-state index contributed by atoms with van der Waals surface area (Å²) in [6, 6.07) is 16.7. The van der Waals surface area contributed by atoms with Gasteiger partial charge < -0.3 is 10.2 Å². The van der Waals surface area contributed by atoms with E-state index in [0.29, 0.717) is 12.5 Å². The van der Waals surface area contributed by atoms with Crippen LogP contribution in [0.15, 0.2) is 53.3 Å². The van der Waals surface area contributed by atoms with E-state index in [1.54, 1.807) is 0 Å². The average molecular weight is 366 g/mol. The van der Waals surface area contributed by atoms with E-state index in [1.165, 1.54) is 11.3 Å². The number of piperazine rings is 1. The van der Waals surface area contributed by atoms with Crippen LogP contribution in [-0.4, -0.2) is 37.6 Å². The second kappa shape index (κ2) is 9.05. The Labute approximate surface area is 162 Å². The molecule has 1 saturated heterocycles. The van der Waals surface area contributed by atoms with Gasteiger partial charge in [-0.25, -0.2) is 0 Å². The predicted octanol–water partition coefficient (Wildman–Crippen LogP) is 3.92. The van der Waals surface area contributed by atoms with E-state index in [0.717, 1.165) is 44.0 Å². The summed E-state index contributed by atoms with van der Waals surface area (Å²) in [5.74, 6) is 0.400. The first-order valence-corrected chi connectivity index (χ1v) is 10.0. The Morgan fingerprint density at radius 2 is 1.70 bits per heavy atom. The summed E-state index contributed by atoms with van der Waals surface area (Å²) in [4.78, 5) is 17.8. The van der Waals surface area contributed by atoms with Crippen molar-refractivity contribution < 1.29 is 0 Å². The van der Waals surface area contributed by atoms with Crippen LogP contribution in [0.5, 0.6) is 0 Å². The Morgan fingerprint density at radius 1 is 1.00 bits per heavy atom. The van der Waals surface area contributed by atoms with Gasteiger partial charge in [0.1, 0.15) is 0 Å². The van der Waals surface area contributed by atoms with Crippen molar-refractivity contribution in [2.24, 2.45) is 0 Å². The van der Waals surface area contributed by atoms with E-state index in [2.05, 4.69) is 65.4 Å². The highest BCUT2D eigenvalue weighted by Gasteiger charge is 2.18. The summed E-state index contributed by atoms with van der Waals surface area (Å²) in [6.07, 6.45) is 0. The number of anilines is 2. The molecule has 2 aromatic rings. The first-order valence-electron chi connectivity index (χ1n) is 10.0. The number of hydrogen-bond donors (Lipinski definition) is 1. The Bertz CT molecular complexity index is 796. The van der Waals surface area contributed by atoms with Crippen molar-refractivity contribution in [1.29, 1.82) is 0 Å². The van der Waals surface area contributed by atoms with Gasteiger partial charge in [-0.2, -0.15) is 0 Å². The molecule has 0 aliphatic carbocycles. The molecule has 1 fully saturated rings. The number of benzene rings is 1. The molecule has 0 bridgehead atoms. The molecule has 1 aliphatic heterocycles. The molecule has 27 heavy (non-hydrogen) atoms. The molecule has 0 spiro atoms. The molecule has 4 heteroatoms. The van der Waals surface area contributed by atoms with Crippen molar-refractivity contribution in [3.8, 4) is 0 Å². The van der Waals surface area contributed by atoms with Crippen LogP contribution < -0.4 is 15.6 Å². The highest BCUT2D eigenvalue weighted by molar-refractivity contribution is 5.48. The zero-order chi connectivity index (χ0) is 19.2. The number of hydrogen-bond acceptors (Lipinski definition) is 4. The quantitative estimate of drug-likeness (QED) is 0.841. The van der Waals surface area contributed by atoms with Crippen LogP contribution in [0.1, 0.15) is 37.8 Å². The fourth-order valence-electron chi connectivity index (χ4n) is 3.58. The lowest BCUT2D eigenvalue weighted by Crippen LogP contribution is -2.46. The normalized spacial score (nSPS) is 15.2. The third-order valence-corrected chi connectivity index (χ3v) is 5.25. The minimum Gasteiger partial charge on any atom is -0.382 e. The van der Waals surface area contributed by atoms with Gasteiger partial charge >= 0.3 is 0 Å². The Morgan fingerprint density at radius 3 is 2.33 bits per heavy atom. The molecule has 1 N–H and O–H groups in total. The van der Waals surface area contributed by atoms with Crippen LogP contribution in [0.3, 0.4) is 0 Å². The lowest BCUT2D eigenvalue weighted by atomic mass is 10.1. The monoisotopic (exact) mass is 365 g/mol. The third kappa shape index (κ3) is 4.89. The first-order chi connectivity index (χ1) is 13.1. The summed E-state index contributed by atoms with van der Waals surface area (Å²) in [5.41, 5.74) is 4.22. The van der Waals surface area contributed by atoms with E-state index in [-0.39, 0.29) is 5.43 Å². The number of nitrogens with one attached hydrogen (secondary N) is 1. The van der Waals surface area contributed by atoms with Gasteiger partial charge in [0.2, 0.25) is 5.43 Å². The van der Waals surface area contributed by atoms with E-state index in [1.807, 2.05) is 19.1 Å². The highest BCUT2D eigenvalue weighted by atomic mass is 16.1. The average Bonchev–Trinajstić information content (AvgIpc) is 2.84. The zero-order valence-corrected chi connectivity index (χ0v) is 16.7. The maximum absolute atomic E-state index is 13.0. The Hall–Kier alpha value is -2.33. The smallest absolute Gasteiger partial charge is 0.206 e. The second-order valence-electron chi connectivity index (χ2n) is 7.53. The van der Waals surface area contributed by atoms with Crippen molar-refractivity contribution >= 4 is 11.4 Å². The fraction of sp³-hybridized carbons (Fsp3) is 0.435. The van der Waals surface area contributed by atoms with Gasteiger partial charge in [-0.15, -0.1) is 0 Å². The maximum Gasteiger partial charge on any atom is 0.206 e. The van der Waals surface area contributed by atoms with Crippen LogP contribution in [-0.2, 0) is 6.54 Å². The van der Waals surface area contributed by atoms with Crippen molar-refractivity contribution in [1.82, 2.24) is 4.90 Å². The van der Waals surface area contributed by atoms with Gasteiger partial charge in [0.15, 0.2) is 0 Å². The molecule has 0 radical (unpaired) electrons. The lowest BCUT2D eigenvalue weighted by molar-refractivity contribution is 0.249. The van der Waals surface area contributed by atoms with Gasteiger partial charge in [-0.1, -0.05) is 44.2 Å². The van der Waals surface area contributed by atoms with Crippen molar-refractivity contribution in [3.05, 3.63) is 69.9 Å². The molecule has 144 valence electrons. The molecule has 0 aromatic heterocycles. The number of para-hydroxylation sites is 1. The Balaban J connectivity index is 1.73. The molecule has 2 aromatic carbocycles. The van der Waals surface area contributed by atoms with Gasteiger partial charge in [-0.3, -0.25) is 9.69 Å². The molecular formula is C23H31N3O. The highest BCUT2D eigenvalue weighted by Crippen LogP contribution is 2.18. The van der Waals surface area contributed by atoms with E-state index in [9.17, 15) is 4.79 Å². The first kappa shape index (κ1) is 19.4. The maximum atomic E-state index is 13.0. The predicted molar refractivity (Wildman–Crippen MR) is 115 cm³/mol. The van der Waals surface area contributed by atoms with E-state index < -0.39 is 0 Å². The van der Waals surface area contributed by atoms with E-state index in [4.69, 9.17) is 0 Å². The van der Waals surface area contributed by atoms with Crippen molar-refractivity contribution in [2.45, 2.75) is 33.2 Å². The molecule has 0 unspecified atom stereocenters.